The van der Waals surface area contributed by atoms with E-state index in [1.165, 1.54) is 52.8 Å². The van der Waals surface area contributed by atoms with Crippen LogP contribution in [0.1, 0.15) is 31.8 Å². The quantitative estimate of drug-likeness (QED) is 0.168. The predicted molar refractivity (Wildman–Crippen MR) is 256 cm³/mol. The van der Waals surface area contributed by atoms with E-state index in [1.54, 1.807) is 0 Å². The van der Waals surface area contributed by atoms with Crippen LogP contribution in [-0.2, 0) is 5.41 Å². The van der Waals surface area contributed by atoms with Crippen LogP contribution >= 0.6 is 11.3 Å². The standard InChI is InChI=1S/C57H38N2S/c1-57(2)48-19-12-18-40(35-13-4-3-5-14-35)56(48)44-27-25-39(34-49(44)57)59-51-21-10-7-16-42(51)46-32-37(24-29-53(46)59)36-23-28-52-45(31-36)41-15-6-9-20-50(41)58(52)38-26-30-55-47(33-38)43-17-8-11-22-54(43)60-55/h3-34H,1-2H3/i3D,4D,5D,13D,14D. The van der Waals surface area contributed by atoms with E-state index in [-0.39, 0.29) is 35.8 Å². The third-order valence-electron chi connectivity index (χ3n) is 13.0. The monoisotopic (exact) mass is 787 g/mol. The number of para-hydroxylation sites is 2. The molecule has 282 valence electrons. The van der Waals surface area contributed by atoms with E-state index in [9.17, 15) is 0 Å². The van der Waals surface area contributed by atoms with Crippen LogP contribution < -0.4 is 0 Å². The maximum Gasteiger partial charge on any atom is 0.0629 e. The van der Waals surface area contributed by atoms with Crippen molar-refractivity contribution < 1.29 is 6.85 Å². The molecule has 0 saturated heterocycles. The lowest BCUT2D eigenvalue weighted by Crippen LogP contribution is -2.15. The van der Waals surface area contributed by atoms with Crippen LogP contribution in [0.2, 0.25) is 0 Å². The van der Waals surface area contributed by atoms with Gasteiger partial charge in [-0.25, -0.2) is 0 Å². The average molecular weight is 788 g/mol. The number of nitrogens with zero attached hydrogens (tertiary/aromatic N) is 2. The number of aromatic nitrogens is 2. The molecule has 0 aliphatic heterocycles. The van der Waals surface area contributed by atoms with Gasteiger partial charge < -0.3 is 9.13 Å². The Morgan fingerprint density at radius 1 is 0.417 bits per heavy atom. The van der Waals surface area contributed by atoms with Crippen LogP contribution in [0, 0.1) is 0 Å². The van der Waals surface area contributed by atoms with Crippen LogP contribution in [0.5, 0.6) is 0 Å². The van der Waals surface area contributed by atoms with Gasteiger partial charge >= 0.3 is 0 Å². The van der Waals surface area contributed by atoms with Crippen LogP contribution in [0.15, 0.2) is 194 Å². The smallest absolute Gasteiger partial charge is 0.0629 e. The first-order chi connectivity index (χ1) is 31.6. The van der Waals surface area contributed by atoms with Crippen molar-refractivity contribution in [2.75, 3.05) is 0 Å². The Labute approximate surface area is 358 Å². The van der Waals surface area contributed by atoms with Gasteiger partial charge in [0, 0.05) is 58.5 Å². The number of hydrogen-bond acceptors (Lipinski definition) is 1. The Morgan fingerprint density at radius 2 is 1.00 bits per heavy atom. The third-order valence-corrected chi connectivity index (χ3v) is 14.2. The number of rotatable bonds is 4. The Kier molecular flexibility index (Phi) is 6.01. The lowest BCUT2D eigenvalue weighted by molar-refractivity contribution is 0.660. The van der Waals surface area contributed by atoms with Crippen LogP contribution in [0.4, 0.5) is 0 Å². The molecule has 0 bridgehead atoms. The van der Waals surface area contributed by atoms with Gasteiger partial charge in [-0.3, -0.25) is 0 Å². The second-order valence-corrected chi connectivity index (χ2v) is 17.6. The van der Waals surface area contributed by atoms with Crippen molar-refractivity contribution in [3.8, 4) is 44.8 Å². The number of benzene rings is 9. The lowest BCUT2D eigenvalue weighted by Gasteiger charge is -2.22. The molecule has 3 heterocycles. The van der Waals surface area contributed by atoms with E-state index < -0.39 is 5.41 Å². The first-order valence-electron chi connectivity index (χ1n) is 22.9. The molecule has 0 radical (unpaired) electrons. The van der Waals surface area contributed by atoms with Crippen molar-refractivity contribution in [2.24, 2.45) is 0 Å². The second kappa shape index (κ2) is 12.4. The SMILES string of the molecule is [2H]c1c([2H])c([2H])c(-c2cccc3c2-c2ccc(-n4c5ccccc5c5cc(-c6ccc7c(c6)c6ccccc6n7-c6ccc7sc8ccccc8c7c6)ccc54)cc2C3(C)C)c([2H])c1[2H]. The first kappa shape index (κ1) is 29.1. The molecule has 0 spiro atoms. The van der Waals surface area contributed by atoms with E-state index in [0.717, 1.165) is 55.8 Å². The van der Waals surface area contributed by atoms with E-state index in [1.807, 2.05) is 23.5 Å². The highest BCUT2D eigenvalue weighted by Gasteiger charge is 2.37. The zero-order chi connectivity index (χ0) is 44.0. The minimum absolute atomic E-state index is 0.190. The predicted octanol–water partition coefficient (Wildman–Crippen LogP) is 15.9. The summed E-state index contributed by atoms with van der Waals surface area (Å²) in [6.07, 6.45) is 0. The molecule has 0 amide bonds. The van der Waals surface area contributed by atoms with Gasteiger partial charge in [-0.05, 0) is 117 Å². The Morgan fingerprint density at radius 3 is 1.70 bits per heavy atom. The zero-order valence-electron chi connectivity index (χ0n) is 37.9. The summed E-state index contributed by atoms with van der Waals surface area (Å²) in [6, 6.07) is 57.7. The molecule has 2 nitrogen and oxygen atoms in total. The van der Waals surface area contributed by atoms with Gasteiger partial charge in [0.2, 0.25) is 0 Å². The van der Waals surface area contributed by atoms with Crippen LogP contribution in [0.3, 0.4) is 0 Å². The molecule has 13 rings (SSSR count). The molecule has 0 atom stereocenters. The largest absolute Gasteiger partial charge is 0.309 e. The maximum atomic E-state index is 8.83. The maximum absolute atomic E-state index is 8.83. The summed E-state index contributed by atoms with van der Waals surface area (Å²) in [4.78, 5) is 0. The Hall–Kier alpha value is -7.20. The molecule has 0 fully saturated rings. The van der Waals surface area contributed by atoms with E-state index in [4.69, 9.17) is 6.85 Å². The number of fused-ring (bicyclic) bond motifs is 12. The van der Waals surface area contributed by atoms with Crippen molar-refractivity contribution in [3.63, 3.8) is 0 Å². The normalized spacial score (nSPS) is 14.5. The molecule has 9 aromatic carbocycles. The van der Waals surface area contributed by atoms with Gasteiger partial charge in [0.25, 0.3) is 0 Å². The molecule has 3 aromatic heterocycles. The number of thiophene rings is 1. The van der Waals surface area contributed by atoms with E-state index in [0.29, 0.717) is 5.56 Å². The zero-order valence-corrected chi connectivity index (χ0v) is 33.7. The van der Waals surface area contributed by atoms with Crippen molar-refractivity contribution in [1.29, 1.82) is 0 Å². The van der Waals surface area contributed by atoms with Gasteiger partial charge in [-0.2, -0.15) is 0 Å². The molecule has 1 aliphatic carbocycles. The fourth-order valence-corrected chi connectivity index (χ4v) is 11.3. The van der Waals surface area contributed by atoms with Crippen LogP contribution in [0.25, 0.3) is 109 Å². The summed E-state index contributed by atoms with van der Waals surface area (Å²) in [5.41, 5.74) is 13.7. The topological polar surface area (TPSA) is 9.86 Å². The first-order valence-corrected chi connectivity index (χ1v) is 21.2. The van der Waals surface area contributed by atoms with Gasteiger partial charge in [0.1, 0.15) is 0 Å². The summed E-state index contributed by atoms with van der Waals surface area (Å²) < 4.78 is 50.1. The Balaban J connectivity index is 0.943. The number of hydrogen-bond donors (Lipinski definition) is 0. The molecule has 0 unspecified atom stereocenters. The van der Waals surface area contributed by atoms with Gasteiger partial charge in [-0.1, -0.05) is 135 Å². The minimum Gasteiger partial charge on any atom is -0.309 e. The van der Waals surface area contributed by atoms with Gasteiger partial charge in [-0.15, -0.1) is 11.3 Å². The average Bonchev–Trinajstić information content (AvgIpc) is 4.04. The fourth-order valence-electron chi connectivity index (χ4n) is 10.2. The molecule has 0 N–H and O–H groups in total. The van der Waals surface area contributed by atoms with Gasteiger partial charge in [0.15, 0.2) is 0 Å². The van der Waals surface area contributed by atoms with E-state index in [2.05, 4.69) is 175 Å². The fraction of sp³-hybridized carbons (Fsp3) is 0.0526. The summed E-state index contributed by atoms with van der Waals surface area (Å²) in [7, 11) is 0. The molecule has 0 saturated carbocycles. The van der Waals surface area contributed by atoms with Crippen LogP contribution in [-0.4, -0.2) is 9.13 Å². The minimum atomic E-state index is -0.414. The molecule has 12 aromatic rings. The van der Waals surface area contributed by atoms with Crippen molar-refractivity contribution in [2.45, 2.75) is 19.3 Å². The third kappa shape index (κ3) is 4.70. The van der Waals surface area contributed by atoms with Gasteiger partial charge in [0.05, 0.1) is 28.9 Å². The highest BCUT2D eigenvalue weighted by Crippen LogP contribution is 2.53. The molecular weight excluding hydrogens is 745 g/mol. The molecular formula is C57H38N2S. The van der Waals surface area contributed by atoms with Crippen molar-refractivity contribution in [3.05, 3.63) is 205 Å². The summed E-state index contributed by atoms with van der Waals surface area (Å²) in [6.45, 7) is 4.42. The van der Waals surface area contributed by atoms with E-state index >= 15 is 0 Å². The summed E-state index contributed by atoms with van der Waals surface area (Å²) in [5, 5.41) is 7.36. The lowest BCUT2D eigenvalue weighted by atomic mass is 9.82. The molecule has 1 aliphatic rings. The molecule has 60 heavy (non-hydrogen) atoms. The Bertz CT molecular complexity index is 4030. The summed E-state index contributed by atoms with van der Waals surface area (Å²) >= 11 is 1.84. The second-order valence-electron chi connectivity index (χ2n) is 16.5. The van der Waals surface area contributed by atoms with Crippen molar-refractivity contribution >= 4 is 75.1 Å². The highest BCUT2D eigenvalue weighted by atomic mass is 32.1. The summed E-state index contributed by atoms with van der Waals surface area (Å²) in [5.74, 6) is 0. The highest BCUT2D eigenvalue weighted by molar-refractivity contribution is 7.25. The molecule has 3 heteroatoms. The van der Waals surface area contributed by atoms with Crippen molar-refractivity contribution in [1.82, 2.24) is 9.13 Å².